The summed E-state index contributed by atoms with van der Waals surface area (Å²) in [6.45, 7) is 2.84. The third-order valence-corrected chi connectivity index (χ3v) is 9.92. The van der Waals surface area contributed by atoms with E-state index in [0.717, 1.165) is 0 Å². The van der Waals surface area contributed by atoms with Crippen LogP contribution in [0.5, 0.6) is 17.2 Å². The number of amides is 5. The Morgan fingerprint density at radius 1 is 0.567 bits per heavy atom. The van der Waals surface area contributed by atoms with Gasteiger partial charge in [0.1, 0.15) is 47.5 Å². The highest BCUT2D eigenvalue weighted by Gasteiger charge is 2.34. The first-order valence-electron chi connectivity index (χ1n) is 19.7. The molecule has 5 amide bonds. The van der Waals surface area contributed by atoms with Crippen LogP contribution in [0.2, 0.25) is 0 Å². The molecule has 0 bridgehead atoms. The Balaban J connectivity index is 1.86. The summed E-state index contributed by atoms with van der Waals surface area (Å²) >= 11 is 0. The predicted molar refractivity (Wildman–Crippen MR) is 220 cm³/mol. The molecule has 18 nitrogen and oxygen atoms in total. The number of benzene rings is 3. The summed E-state index contributed by atoms with van der Waals surface area (Å²) in [5.41, 5.74) is 13.4. The zero-order chi connectivity index (χ0) is 44.4. The van der Waals surface area contributed by atoms with Crippen LogP contribution < -0.4 is 38.1 Å². The zero-order valence-corrected chi connectivity index (χ0v) is 33.7. The smallest absolute Gasteiger partial charge is 0.326 e. The van der Waals surface area contributed by atoms with Gasteiger partial charge in [0.25, 0.3) is 0 Å². The Labute approximate surface area is 348 Å². The van der Waals surface area contributed by atoms with Gasteiger partial charge in [0.2, 0.25) is 29.5 Å². The number of nitrogens with one attached hydrogen (secondary N) is 5. The van der Waals surface area contributed by atoms with Crippen molar-refractivity contribution in [2.75, 3.05) is 13.2 Å². The van der Waals surface area contributed by atoms with Gasteiger partial charge in [0.15, 0.2) is 0 Å². The van der Waals surface area contributed by atoms with Crippen LogP contribution in [-0.2, 0) is 48.0 Å². The van der Waals surface area contributed by atoms with Gasteiger partial charge in [0.05, 0.1) is 12.6 Å². The molecule has 18 heteroatoms. The second kappa shape index (κ2) is 24.0. The van der Waals surface area contributed by atoms with Crippen LogP contribution in [0.1, 0.15) is 56.2 Å². The number of carbonyl (C=O) groups excluding carboxylic acids is 5. The molecule has 3 aromatic rings. The highest BCUT2D eigenvalue weighted by atomic mass is 16.4. The number of hydrogen-bond acceptors (Lipinski definition) is 12. The lowest BCUT2D eigenvalue weighted by Gasteiger charge is -2.28. The molecular formula is C42H57N7O11. The van der Waals surface area contributed by atoms with E-state index in [2.05, 4.69) is 26.6 Å². The number of phenols is 3. The largest absolute Gasteiger partial charge is 0.508 e. The minimum Gasteiger partial charge on any atom is -0.508 e. The quantitative estimate of drug-likeness (QED) is 0.0523. The van der Waals surface area contributed by atoms with Gasteiger partial charge in [-0.2, -0.15) is 0 Å². The average molecular weight is 836 g/mol. The molecule has 0 aliphatic heterocycles. The first kappa shape index (κ1) is 48.1. The van der Waals surface area contributed by atoms with Crippen LogP contribution in [0.25, 0.3) is 0 Å². The number of aliphatic hydroxyl groups excluding tert-OH is 1. The van der Waals surface area contributed by atoms with Crippen molar-refractivity contribution in [2.24, 2.45) is 17.4 Å². The van der Waals surface area contributed by atoms with Crippen LogP contribution in [0, 0.1) is 5.92 Å². The number of aromatic hydroxyl groups is 3. The number of aliphatic hydroxyl groups is 1. The van der Waals surface area contributed by atoms with E-state index in [9.17, 15) is 54.3 Å². The summed E-state index contributed by atoms with van der Waals surface area (Å²) in [6.07, 6.45) is 1.25. The van der Waals surface area contributed by atoms with Crippen molar-refractivity contribution in [3.8, 4) is 17.2 Å². The number of carboxylic acid groups (broad SMARTS) is 1. The Morgan fingerprint density at radius 2 is 0.967 bits per heavy atom. The Bertz CT molecular complexity index is 1880. The average Bonchev–Trinajstić information content (AvgIpc) is 3.22. The molecule has 0 saturated carbocycles. The number of unbranched alkanes of at least 4 members (excludes halogenated alkanes) is 1. The van der Waals surface area contributed by atoms with E-state index in [-0.39, 0.29) is 42.9 Å². The van der Waals surface area contributed by atoms with Crippen molar-refractivity contribution in [1.29, 1.82) is 0 Å². The first-order valence-corrected chi connectivity index (χ1v) is 19.7. The standard InChI is InChI=1S/C42H57N7O11/c1-3-24(2)36(41(58)45-32(42(59)60)6-4-5-19-43)49-40(57)35(23-50)48-39(56)34(22-27-11-17-30(53)18-12-27)47-38(55)33(21-26-9-15-29(52)16-10-26)46-37(54)31(44)20-25-7-13-28(51)14-8-25/h7-18,24,31-36,50-53H,3-6,19-23,43-44H2,1-2H3,(H,45,58)(H,46,54)(H,47,55)(H,48,56)(H,49,57)(H,59,60)/t24-,31-,32-,33-,34-,35-,36-/m0/s1. The summed E-state index contributed by atoms with van der Waals surface area (Å²) in [6, 6.07) is 9.67. The fourth-order valence-corrected chi connectivity index (χ4v) is 6.12. The molecule has 0 spiro atoms. The SMILES string of the molecule is CC[C@H](C)[C@H](NC(=O)[C@H](CO)NC(=O)[C@H](Cc1ccc(O)cc1)NC(=O)[C@H](Cc1ccc(O)cc1)NC(=O)[C@@H](N)Cc1ccc(O)cc1)C(=O)N[C@@H](CCCCN)C(=O)O. The van der Waals surface area contributed by atoms with Gasteiger partial charge in [0, 0.05) is 12.8 Å². The molecule has 7 atom stereocenters. The highest BCUT2D eigenvalue weighted by molar-refractivity contribution is 5.96. The number of nitrogens with two attached hydrogens (primary N) is 2. The third kappa shape index (κ3) is 15.5. The first-order chi connectivity index (χ1) is 28.5. The number of carboxylic acids is 1. The van der Waals surface area contributed by atoms with E-state index < -0.39 is 84.3 Å². The van der Waals surface area contributed by atoms with Crippen LogP contribution in [0.15, 0.2) is 72.8 Å². The fraction of sp³-hybridized carbons (Fsp3) is 0.429. The molecule has 0 unspecified atom stereocenters. The molecule has 326 valence electrons. The van der Waals surface area contributed by atoms with E-state index in [1.165, 1.54) is 48.5 Å². The molecule has 14 N–H and O–H groups in total. The maximum Gasteiger partial charge on any atom is 0.326 e. The molecule has 3 aromatic carbocycles. The van der Waals surface area contributed by atoms with Gasteiger partial charge < -0.3 is 63.6 Å². The van der Waals surface area contributed by atoms with Gasteiger partial charge in [-0.15, -0.1) is 0 Å². The van der Waals surface area contributed by atoms with E-state index in [1.54, 1.807) is 38.1 Å². The lowest BCUT2D eigenvalue weighted by molar-refractivity contribution is -0.143. The maximum atomic E-state index is 14.1. The van der Waals surface area contributed by atoms with Gasteiger partial charge in [-0.1, -0.05) is 56.7 Å². The number of rotatable bonds is 24. The van der Waals surface area contributed by atoms with Crippen LogP contribution >= 0.6 is 0 Å². The third-order valence-electron chi connectivity index (χ3n) is 9.92. The van der Waals surface area contributed by atoms with Crippen molar-refractivity contribution >= 4 is 35.5 Å². The summed E-state index contributed by atoms with van der Waals surface area (Å²) in [4.78, 5) is 80.3. The lowest BCUT2D eigenvalue weighted by Crippen LogP contribution is -2.61. The maximum absolute atomic E-state index is 14.1. The Kier molecular flexibility index (Phi) is 19.2. The van der Waals surface area contributed by atoms with Gasteiger partial charge in [-0.05, 0) is 91.2 Å². The van der Waals surface area contributed by atoms with Crippen molar-refractivity contribution < 1.29 is 54.3 Å². The van der Waals surface area contributed by atoms with E-state index >= 15 is 0 Å². The van der Waals surface area contributed by atoms with E-state index in [1.807, 2.05) is 0 Å². The molecule has 0 aromatic heterocycles. The topological polar surface area (TPSA) is 316 Å². The molecule has 60 heavy (non-hydrogen) atoms. The monoisotopic (exact) mass is 835 g/mol. The molecule has 0 heterocycles. The molecule has 0 aliphatic carbocycles. The van der Waals surface area contributed by atoms with E-state index in [4.69, 9.17) is 11.5 Å². The van der Waals surface area contributed by atoms with Crippen LogP contribution in [0.4, 0.5) is 0 Å². The van der Waals surface area contributed by atoms with Crippen molar-refractivity contribution in [1.82, 2.24) is 26.6 Å². The van der Waals surface area contributed by atoms with Gasteiger partial charge in [-0.25, -0.2) is 4.79 Å². The number of hydrogen-bond donors (Lipinski definition) is 12. The second-order valence-electron chi connectivity index (χ2n) is 14.6. The normalized spacial score (nSPS) is 14.6. The molecule has 0 saturated heterocycles. The Hall–Kier alpha value is -6.24. The predicted octanol–water partition coefficient (Wildman–Crippen LogP) is -0.165. The molecular weight excluding hydrogens is 778 g/mol. The lowest BCUT2D eigenvalue weighted by atomic mass is 9.97. The fourth-order valence-electron chi connectivity index (χ4n) is 6.12. The van der Waals surface area contributed by atoms with E-state index in [0.29, 0.717) is 42.5 Å². The second-order valence-corrected chi connectivity index (χ2v) is 14.6. The van der Waals surface area contributed by atoms with Crippen molar-refractivity contribution in [2.45, 2.75) is 95.0 Å². The zero-order valence-electron chi connectivity index (χ0n) is 33.7. The molecule has 0 aliphatic rings. The minimum atomic E-state index is -1.64. The number of carbonyl (C=O) groups is 6. The number of aliphatic carboxylic acids is 1. The highest BCUT2D eigenvalue weighted by Crippen LogP contribution is 2.16. The van der Waals surface area contributed by atoms with Gasteiger partial charge in [-0.3, -0.25) is 24.0 Å². The van der Waals surface area contributed by atoms with Gasteiger partial charge >= 0.3 is 5.97 Å². The summed E-state index contributed by atoms with van der Waals surface area (Å²) < 4.78 is 0. The molecule has 0 fully saturated rings. The number of phenolic OH excluding ortho intramolecular Hbond substituents is 3. The van der Waals surface area contributed by atoms with Crippen LogP contribution in [-0.4, -0.2) is 110 Å². The van der Waals surface area contributed by atoms with Crippen molar-refractivity contribution in [3.63, 3.8) is 0 Å². The summed E-state index contributed by atoms with van der Waals surface area (Å²) in [7, 11) is 0. The summed E-state index contributed by atoms with van der Waals surface area (Å²) in [5.74, 6) is -6.04. The minimum absolute atomic E-state index is 0.0258. The molecule has 3 rings (SSSR count). The van der Waals surface area contributed by atoms with Crippen LogP contribution in [0.3, 0.4) is 0 Å². The summed E-state index contributed by atoms with van der Waals surface area (Å²) in [5, 5.41) is 62.0. The Morgan fingerprint density at radius 3 is 1.38 bits per heavy atom. The van der Waals surface area contributed by atoms with Crippen molar-refractivity contribution in [3.05, 3.63) is 89.5 Å². The molecule has 0 radical (unpaired) electrons.